The minimum Gasteiger partial charge on any atom is -0.324 e. The van der Waals surface area contributed by atoms with Gasteiger partial charge < -0.3 is 5.32 Å². The van der Waals surface area contributed by atoms with Gasteiger partial charge in [0.2, 0.25) is 5.91 Å². The largest absolute Gasteiger partial charge is 0.324 e. The van der Waals surface area contributed by atoms with E-state index in [1.165, 1.54) is 11.8 Å². The van der Waals surface area contributed by atoms with Crippen molar-refractivity contribution in [3.63, 3.8) is 0 Å². The lowest BCUT2D eigenvalue weighted by Gasteiger charge is -2.14. The maximum absolute atomic E-state index is 12.6. The smallest absolute Gasteiger partial charge is 0.237 e. The number of thioether (sulfide) groups is 1. The molecule has 0 saturated heterocycles. The molecule has 1 saturated carbocycles. The molecule has 27 heavy (non-hydrogen) atoms. The van der Waals surface area contributed by atoms with Crippen molar-refractivity contribution in [2.24, 2.45) is 0 Å². The minimum absolute atomic E-state index is 0.146. The lowest BCUT2D eigenvalue weighted by Crippen LogP contribution is -2.23. The summed E-state index contributed by atoms with van der Waals surface area (Å²) in [7, 11) is 0. The van der Waals surface area contributed by atoms with Gasteiger partial charge in [-0.3, -0.25) is 9.36 Å². The van der Waals surface area contributed by atoms with Crippen LogP contribution in [0.4, 0.5) is 5.69 Å². The number of aromatic nitrogens is 3. The second kappa shape index (κ2) is 7.83. The molecular formula is C18H16Cl2N4OS2. The molecular weight excluding hydrogens is 423 g/mol. The number of nitrogens with one attached hydrogen (secondary N) is 1. The van der Waals surface area contributed by atoms with E-state index in [1.807, 2.05) is 24.4 Å². The molecule has 0 radical (unpaired) electrons. The van der Waals surface area contributed by atoms with Gasteiger partial charge in [-0.2, -0.15) is 0 Å². The predicted octanol–water partition coefficient (Wildman–Crippen LogP) is 5.77. The summed E-state index contributed by atoms with van der Waals surface area (Å²) in [6.45, 7) is 1.85. The Morgan fingerprint density at radius 1 is 1.33 bits per heavy atom. The van der Waals surface area contributed by atoms with Crippen molar-refractivity contribution in [2.45, 2.75) is 36.2 Å². The van der Waals surface area contributed by atoms with Gasteiger partial charge in [0.15, 0.2) is 11.0 Å². The van der Waals surface area contributed by atoms with Crippen LogP contribution in [0.15, 0.2) is 40.9 Å². The van der Waals surface area contributed by atoms with Crippen molar-refractivity contribution in [3.8, 4) is 10.7 Å². The first-order valence-electron chi connectivity index (χ1n) is 8.44. The zero-order valence-electron chi connectivity index (χ0n) is 14.4. The normalized spacial score (nSPS) is 14.9. The molecule has 140 valence electrons. The molecule has 2 aromatic heterocycles. The number of nitrogens with zero attached hydrogens (tertiary/aromatic N) is 3. The third kappa shape index (κ3) is 4.16. The lowest BCUT2D eigenvalue weighted by molar-refractivity contribution is -0.115. The SMILES string of the molecule is C[C@H](Sc1nnc(-c2cccs2)n1C1CC1)C(=O)Nc1ccc(Cl)cc1Cl. The molecule has 4 rings (SSSR count). The molecule has 9 heteroatoms. The van der Waals surface area contributed by atoms with Gasteiger partial charge >= 0.3 is 0 Å². The van der Waals surface area contributed by atoms with Gasteiger partial charge in [0.05, 0.1) is 20.8 Å². The summed E-state index contributed by atoms with van der Waals surface area (Å²) < 4.78 is 2.16. The highest BCUT2D eigenvalue weighted by molar-refractivity contribution is 8.00. The van der Waals surface area contributed by atoms with Crippen LogP contribution >= 0.6 is 46.3 Å². The van der Waals surface area contributed by atoms with E-state index in [4.69, 9.17) is 23.2 Å². The quantitative estimate of drug-likeness (QED) is 0.496. The van der Waals surface area contributed by atoms with Gasteiger partial charge in [-0.15, -0.1) is 21.5 Å². The number of rotatable bonds is 6. The zero-order chi connectivity index (χ0) is 19.0. The van der Waals surface area contributed by atoms with Crippen molar-refractivity contribution in [2.75, 3.05) is 5.32 Å². The van der Waals surface area contributed by atoms with E-state index in [1.54, 1.807) is 29.5 Å². The monoisotopic (exact) mass is 438 g/mol. The molecule has 1 N–H and O–H groups in total. The van der Waals surface area contributed by atoms with Crippen LogP contribution in [-0.4, -0.2) is 25.9 Å². The number of carbonyl (C=O) groups excluding carboxylic acids is 1. The highest BCUT2D eigenvalue weighted by Crippen LogP contribution is 2.42. The molecule has 1 fully saturated rings. The number of amides is 1. The van der Waals surface area contributed by atoms with Crippen molar-refractivity contribution in [3.05, 3.63) is 45.8 Å². The van der Waals surface area contributed by atoms with Gasteiger partial charge in [0.25, 0.3) is 0 Å². The Labute approximate surface area is 175 Å². The van der Waals surface area contributed by atoms with E-state index in [2.05, 4.69) is 20.1 Å². The average molecular weight is 439 g/mol. The van der Waals surface area contributed by atoms with Gasteiger partial charge in [-0.1, -0.05) is 41.0 Å². The molecule has 1 aliphatic rings. The summed E-state index contributed by atoms with van der Waals surface area (Å²) in [5, 5.41) is 15.0. The average Bonchev–Trinajstić information content (AvgIpc) is 3.16. The Morgan fingerprint density at radius 3 is 2.81 bits per heavy atom. The maximum atomic E-state index is 12.6. The Morgan fingerprint density at radius 2 is 2.15 bits per heavy atom. The van der Waals surface area contributed by atoms with Crippen LogP contribution in [0, 0.1) is 0 Å². The molecule has 0 spiro atoms. The summed E-state index contributed by atoms with van der Waals surface area (Å²) >= 11 is 15.1. The van der Waals surface area contributed by atoms with Crippen LogP contribution in [0.2, 0.25) is 10.0 Å². The second-order valence-corrected chi connectivity index (χ2v) is 9.36. The van der Waals surface area contributed by atoms with Gasteiger partial charge in [-0.05, 0) is 49.4 Å². The van der Waals surface area contributed by atoms with E-state index in [0.29, 0.717) is 21.8 Å². The van der Waals surface area contributed by atoms with E-state index in [0.717, 1.165) is 28.7 Å². The zero-order valence-corrected chi connectivity index (χ0v) is 17.5. The molecule has 1 amide bonds. The highest BCUT2D eigenvalue weighted by atomic mass is 35.5. The van der Waals surface area contributed by atoms with Crippen LogP contribution in [0.5, 0.6) is 0 Å². The third-order valence-corrected chi connectivity index (χ3v) is 6.63. The summed E-state index contributed by atoms with van der Waals surface area (Å²) in [4.78, 5) is 13.7. The molecule has 1 atom stereocenters. The Balaban J connectivity index is 1.51. The fourth-order valence-corrected chi connectivity index (χ4v) is 4.71. The van der Waals surface area contributed by atoms with Crippen molar-refractivity contribution in [1.82, 2.24) is 14.8 Å². The number of hydrogen-bond acceptors (Lipinski definition) is 5. The van der Waals surface area contributed by atoms with E-state index < -0.39 is 0 Å². The molecule has 1 aromatic carbocycles. The molecule has 0 unspecified atom stereocenters. The minimum atomic E-state index is -0.352. The molecule has 5 nitrogen and oxygen atoms in total. The van der Waals surface area contributed by atoms with Crippen LogP contribution in [0.25, 0.3) is 10.7 Å². The second-order valence-electron chi connectivity index (χ2n) is 6.26. The summed E-state index contributed by atoms with van der Waals surface area (Å²) in [6.07, 6.45) is 2.23. The molecule has 0 bridgehead atoms. The fourth-order valence-electron chi connectivity index (χ4n) is 2.63. The first kappa shape index (κ1) is 18.8. The maximum Gasteiger partial charge on any atom is 0.237 e. The van der Waals surface area contributed by atoms with Crippen molar-refractivity contribution < 1.29 is 4.79 Å². The van der Waals surface area contributed by atoms with E-state index in [9.17, 15) is 4.79 Å². The number of benzene rings is 1. The van der Waals surface area contributed by atoms with Gasteiger partial charge in [-0.25, -0.2) is 0 Å². The Hall–Kier alpha value is -1.54. The van der Waals surface area contributed by atoms with Crippen LogP contribution < -0.4 is 5.32 Å². The van der Waals surface area contributed by atoms with Crippen LogP contribution in [0.3, 0.4) is 0 Å². The first-order chi connectivity index (χ1) is 13.0. The molecule has 3 aromatic rings. The molecule has 2 heterocycles. The topological polar surface area (TPSA) is 59.8 Å². The van der Waals surface area contributed by atoms with Crippen LogP contribution in [0.1, 0.15) is 25.8 Å². The third-order valence-electron chi connectivity index (χ3n) is 4.16. The van der Waals surface area contributed by atoms with Gasteiger partial charge in [0, 0.05) is 11.1 Å². The predicted molar refractivity (Wildman–Crippen MR) is 112 cm³/mol. The summed E-state index contributed by atoms with van der Waals surface area (Å²) in [6, 6.07) is 9.46. The number of anilines is 1. The number of hydrogen-bond donors (Lipinski definition) is 1. The Bertz CT molecular complexity index is 970. The Kier molecular flexibility index (Phi) is 5.45. The number of thiophene rings is 1. The molecule has 1 aliphatic carbocycles. The van der Waals surface area contributed by atoms with Crippen LogP contribution in [-0.2, 0) is 4.79 Å². The number of carbonyl (C=O) groups is 1. The standard InChI is InChI=1S/C18H16Cl2N4OS2/c1-10(17(25)21-14-7-4-11(19)9-13(14)20)27-18-23-22-16(15-3-2-8-26-15)24(18)12-5-6-12/h2-4,7-10,12H,5-6H2,1H3,(H,21,25)/t10-/m0/s1. The molecule has 0 aliphatic heterocycles. The van der Waals surface area contributed by atoms with Gasteiger partial charge in [0.1, 0.15) is 0 Å². The highest BCUT2D eigenvalue weighted by Gasteiger charge is 2.31. The van der Waals surface area contributed by atoms with E-state index in [-0.39, 0.29) is 11.2 Å². The summed E-state index contributed by atoms with van der Waals surface area (Å²) in [5.41, 5.74) is 0.543. The lowest BCUT2D eigenvalue weighted by atomic mass is 10.3. The fraction of sp³-hybridized carbons (Fsp3) is 0.278. The van der Waals surface area contributed by atoms with E-state index >= 15 is 0 Å². The summed E-state index contributed by atoms with van der Waals surface area (Å²) in [5.74, 6) is 0.732. The van der Waals surface area contributed by atoms with Crippen molar-refractivity contribution >= 4 is 57.9 Å². The number of halogens is 2. The van der Waals surface area contributed by atoms with Crippen molar-refractivity contribution in [1.29, 1.82) is 0 Å². The first-order valence-corrected chi connectivity index (χ1v) is 11.0.